The molecule has 0 aliphatic rings. The summed E-state index contributed by atoms with van der Waals surface area (Å²) in [5.74, 6) is 1.12. The Morgan fingerprint density at radius 2 is 1.83 bits per heavy atom. The Morgan fingerprint density at radius 3 is 2.53 bits per heavy atom. The summed E-state index contributed by atoms with van der Waals surface area (Å²) in [5, 5.41) is 2.93. The molecule has 0 aliphatic heterocycles. The summed E-state index contributed by atoms with van der Waals surface area (Å²) in [4.78, 5) is 29.1. The van der Waals surface area contributed by atoms with E-state index < -0.39 is 0 Å². The van der Waals surface area contributed by atoms with E-state index in [1.54, 1.807) is 7.11 Å². The molecule has 0 radical (unpaired) electrons. The molecule has 1 heterocycles. The van der Waals surface area contributed by atoms with Crippen LogP contribution in [0.3, 0.4) is 0 Å². The van der Waals surface area contributed by atoms with Crippen LogP contribution in [0.4, 0.5) is 0 Å². The molecule has 158 valence electrons. The van der Waals surface area contributed by atoms with Crippen molar-refractivity contribution >= 4 is 22.9 Å². The summed E-state index contributed by atoms with van der Waals surface area (Å²) in [6.07, 6.45) is 0.632. The van der Waals surface area contributed by atoms with Crippen molar-refractivity contribution in [2.75, 3.05) is 13.7 Å². The van der Waals surface area contributed by atoms with E-state index in [0.29, 0.717) is 19.4 Å². The highest BCUT2D eigenvalue weighted by Crippen LogP contribution is 2.17. The van der Waals surface area contributed by atoms with Crippen molar-refractivity contribution in [3.63, 3.8) is 0 Å². The van der Waals surface area contributed by atoms with Gasteiger partial charge in [-0.2, -0.15) is 0 Å². The molecule has 1 N–H and O–H groups in total. The van der Waals surface area contributed by atoms with Gasteiger partial charge in [0.25, 0.3) is 0 Å². The second kappa shape index (κ2) is 9.91. The van der Waals surface area contributed by atoms with Crippen LogP contribution >= 0.6 is 0 Å². The molecule has 3 rings (SSSR count). The summed E-state index contributed by atoms with van der Waals surface area (Å²) in [5.41, 5.74) is 2.60. The van der Waals surface area contributed by atoms with Gasteiger partial charge in [-0.25, -0.2) is 4.98 Å². The third-order valence-corrected chi connectivity index (χ3v) is 4.58. The monoisotopic (exact) mass is 409 g/mol. The molecule has 7 nitrogen and oxygen atoms in total. The number of ether oxygens (including phenoxy) is 2. The number of para-hydroxylation sites is 2. The minimum absolute atomic E-state index is 0.0676. The van der Waals surface area contributed by atoms with Gasteiger partial charge in [0.05, 0.1) is 30.7 Å². The first-order valence-electron chi connectivity index (χ1n) is 9.99. The van der Waals surface area contributed by atoms with Gasteiger partial charge in [0.15, 0.2) is 0 Å². The second-order valence-corrected chi connectivity index (χ2v) is 7.27. The van der Waals surface area contributed by atoms with Gasteiger partial charge in [0, 0.05) is 13.0 Å². The maximum atomic E-state index is 12.3. The van der Waals surface area contributed by atoms with Crippen LogP contribution in [0.5, 0.6) is 5.75 Å². The Balaban J connectivity index is 1.62. The number of carbonyl (C=O) groups is 2. The van der Waals surface area contributed by atoms with Crippen molar-refractivity contribution in [3.05, 3.63) is 59.9 Å². The molecule has 0 atom stereocenters. The number of carbonyl (C=O) groups excluding carboxylic acids is 2. The quantitative estimate of drug-likeness (QED) is 0.550. The Hall–Kier alpha value is -3.35. The third-order valence-electron chi connectivity index (χ3n) is 4.58. The molecule has 2 aromatic carbocycles. The number of nitrogens with one attached hydrogen (secondary N) is 1. The first-order chi connectivity index (χ1) is 14.5. The van der Waals surface area contributed by atoms with E-state index >= 15 is 0 Å². The molecule has 30 heavy (non-hydrogen) atoms. The number of fused-ring (bicyclic) bond motifs is 1. The summed E-state index contributed by atoms with van der Waals surface area (Å²) in [6.45, 7) is 4.16. The van der Waals surface area contributed by atoms with Crippen molar-refractivity contribution in [3.8, 4) is 5.75 Å². The van der Waals surface area contributed by atoms with E-state index in [0.717, 1.165) is 28.2 Å². The number of methoxy groups -OCH3 is 1. The number of aromatic nitrogens is 2. The van der Waals surface area contributed by atoms with Gasteiger partial charge >= 0.3 is 5.97 Å². The van der Waals surface area contributed by atoms with Crippen LogP contribution in [-0.2, 0) is 33.7 Å². The molecule has 0 saturated carbocycles. The van der Waals surface area contributed by atoms with Crippen molar-refractivity contribution < 1.29 is 19.1 Å². The van der Waals surface area contributed by atoms with Crippen LogP contribution in [0.15, 0.2) is 48.5 Å². The molecule has 0 bridgehead atoms. The fraction of sp³-hybridized carbons (Fsp3) is 0.348. The lowest BCUT2D eigenvalue weighted by atomic mass is 10.1. The average Bonchev–Trinajstić information content (AvgIpc) is 3.05. The Kier molecular flexibility index (Phi) is 7.06. The number of imidazole rings is 1. The minimum atomic E-state index is -0.307. The number of rotatable bonds is 9. The van der Waals surface area contributed by atoms with Crippen LogP contribution in [0.1, 0.15) is 25.2 Å². The maximum Gasteiger partial charge on any atom is 0.326 e. The van der Waals surface area contributed by atoms with Crippen LogP contribution in [-0.4, -0.2) is 41.2 Å². The zero-order valence-corrected chi connectivity index (χ0v) is 17.6. The number of hydrogen-bond donors (Lipinski definition) is 1. The molecule has 0 aliphatic carbocycles. The molecule has 0 spiro atoms. The number of hydrogen-bond acceptors (Lipinski definition) is 5. The zero-order valence-electron chi connectivity index (χ0n) is 17.6. The maximum absolute atomic E-state index is 12.3. The van der Waals surface area contributed by atoms with Crippen molar-refractivity contribution in [1.29, 1.82) is 0 Å². The van der Waals surface area contributed by atoms with Crippen molar-refractivity contribution in [1.82, 2.24) is 14.9 Å². The van der Waals surface area contributed by atoms with Crippen LogP contribution in [0, 0.1) is 0 Å². The van der Waals surface area contributed by atoms with Gasteiger partial charge in [-0.15, -0.1) is 0 Å². The second-order valence-electron chi connectivity index (χ2n) is 7.27. The van der Waals surface area contributed by atoms with E-state index in [1.165, 1.54) is 0 Å². The van der Waals surface area contributed by atoms with Crippen molar-refractivity contribution in [2.24, 2.45) is 0 Å². The van der Waals surface area contributed by atoms with Gasteiger partial charge in [-0.05, 0) is 43.7 Å². The van der Waals surface area contributed by atoms with E-state index in [4.69, 9.17) is 9.47 Å². The normalized spacial score (nSPS) is 10.9. The van der Waals surface area contributed by atoms with Gasteiger partial charge in [0.2, 0.25) is 5.91 Å². The molecule has 0 fully saturated rings. The Morgan fingerprint density at radius 1 is 1.10 bits per heavy atom. The fourth-order valence-electron chi connectivity index (χ4n) is 3.23. The highest BCUT2D eigenvalue weighted by molar-refractivity contribution is 5.79. The smallest absolute Gasteiger partial charge is 0.326 e. The first-order valence-corrected chi connectivity index (χ1v) is 9.99. The van der Waals surface area contributed by atoms with Crippen molar-refractivity contribution in [2.45, 2.75) is 39.3 Å². The minimum Gasteiger partial charge on any atom is -0.497 e. The Labute approximate surface area is 176 Å². The highest BCUT2D eigenvalue weighted by atomic mass is 16.5. The predicted octanol–water partition coefficient (Wildman–Crippen LogP) is 2.90. The molecule has 0 unspecified atom stereocenters. The standard InChI is InChI=1S/C23H27N3O4/c1-16(2)30-23(28)15-26-20-7-5-4-6-19(20)25-21(26)12-13-24-22(27)14-17-8-10-18(29-3)11-9-17/h4-11,16H,12-15H2,1-3H3,(H,24,27). The van der Waals surface area contributed by atoms with Crippen LogP contribution in [0.2, 0.25) is 0 Å². The van der Waals surface area contributed by atoms with E-state index in [2.05, 4.69) is 10.3 Å². The van der Waals surface area contributed by atoms with Gasteiger partial charge < -0.3 is 19.4 Å². The van der Waals surface area contributed by atoms with E-state index in [9.17, 15) is 9.59 Å². The number of benzene rings is 2. The van der Waals surface area contributed by atoms with E-state index in [-0.39, 0.29) is 24.5 Å². The molecule has 3 aromatic rings. The lowest BCUT2D eigenvalue weighted by molar-refractivity contribution is -0.148. The molecule has 0 saturated heterocycles. The summed E-state index contributed by atoms with van der Waals surface area (Å²) >= 11 is 0. The number of nitrogens with zero attached hydrogens (tertiary/aromatic N) is 2. The molecule has 1 aromatic heterocycles. The fourth-order valence-corrected chi connectivity index (χ4v) is 3.23. The third kappa shape index (κ3) is 5.59. The Bertz CT molecular complexity index is 1010. The average molecular weight is 409 g/mol. The summed E-state index contributed by atoms with van der Waals surface area (Å²) < 4.78 is 12.3. The topological polar surface area (TPSA) is 82.5 Å². The molecule has 1 amide bonds. The van der Waals surface area contributed by atoms with Gasteiger partial charge in [-0.3, -0.25) is 9.59 Å². The predicted molar refractivity (Wildman–Crippen MR) is 114 cm³/mol. The van der Waals surface area contributed by atoms with E-state index in [1.807, 2.05) is 66.9 Å². The van der Waals surface area contributed by atoms with Gasteiger partial charge in [0.1, 0.15) is 18.1 Å². The SMILES string of the molecule is COc1ccc(CC(=O)NCCc2nc3ccccc3n2CC(=O)OC(C)C)cc1. The van der Waals surface area contributed by atoms with Gasteiger partial charge in [-0.1, -0.05) is 24.3 Å². The number of esters is 1. The zero-order chi connectivity index (χ0) is 21.5. The molecule has 7 heteroatoms. The molecular formula is C23H27N3O4. The first kappa shape index (κ1) is 21.4. The lowest BCUT2D eigenvalue weighted by Gasteiger charge is -2.12. The summed E-state index contributed by atoms with van der Waals surface area (Å²) in [7, 11) is 1.61. The summed E-state index contributed by atoms with van der Waals surface area (Å²) in [6, 6.07) is 15.1. The molecular weight excluding hydrogens is 382 g/mol. The van der Waals surface area contributed by atoms with Crippen LogP contribution < -0.4 is 10.1 Å². The highest BCUT2D eigenvalue weighted by Gasteiger charge is 2.15. The lowest BCUT2D eigenvalue weighted by Crippen LogP contribution is -2.28. The largest absolute Gasteiger partial charge is 0.497 e. The number of amides is 1. The van der Waals surface area contributed by atoms with Crippen LogP contribution in [0.25, 0.3) is 11.0 Å².